The van der Waals surface area contributed by atoms with Gasteiger partial charge >= 0.3 is 6.09 Å². The molecule has 0 radical (unpaired) electrons. The summed E-state index contributed by atoms with van der Waals surface area (Å²) in [7, 11) is 1.96. The predicted molar refractivity (Wildman–Crippen MR) is 82.7 cm³/mol. The number of ether oxygens (including phenoxy) is 1. The van der Waals surface area contributed by atoms with Crippen molar-refractivity contribution in [2.24, 2.45) is 0 Å². The molecular formula is C16H24N2O3. The maximum Gasteiger partial charge on any atom is 0.412 e. The topological polar surface area (TPSA) is 70.6 Å². The van der Waals surface area contributed by atoms with Crippen molar-refractivity contribution in [1.82, 2.24) is 5.32 Å². The van der Waals surface area contributed by atoms with Gasteiger partial charge in [0.2, 0.25) is 0 Å². The summed E-state index contributed by atoms with van der Waals surface area (Å²) in [4.78, 5) is 11.7. The Bertz CT molecular complexity index is 531. The lowest BCUT2D eigenvalue weighted by molar-refractivity contribution is 0.0635. The third-order valence-corrected chi connectivity index (χ3v) is 3.62. The lowest BCUT2D eigenvalue weighted by Gasteiger charge is -2.20. The maximum absolute atomic E-state index is 11.7. The Balaban J connectivity index is 2.01. The van der Waals surface area contributed by atoms with Gasteiger partial charge in [0.25, 0.3) is 0 Å². The average molecular weight is 292 g/mol. The van der Waals surface area contributed by atoms with Crippen molar-refractivity contribution in [1.29, 1.82) is 0 Å². The largest absolute Gasteiger partial charge is 0.506 e. The van der Waals surface area contributed by atoms with E-state index in [1.807, 2.05) is 13.1 Å². The summed E-state index contributed by atoms with van der Waals surface area (Å²) in [6.07, 6.45) is 2.62. The van der Waals surface area contributed by atoms with Crippen LogP contribution >= 0.6 is 0 Å². The highest BCUT2D eigenvalue weighted by atomic mass is 16.6. The second kappa shape index (κ2) is 5.56. The van der Waals surface area contributed by atoms with E-state index >= 15 is 0 Å². The summed E-state index contributed by atoms with van der Waals surface area (Å²) < 4.78 is 5.16. The molecule has 5 nitrogen and oxygen atoms in total. The van der Waals surface area contributed by atoms with Crippen LogP contribution in [0.15, 0.2) is 18.2 Å². The zero-order chi connectivity index (χ0) is 15.7. The van der Waals surface area contributed by atoms with Crippen LogP contribution in [0.1, 0.15) is 39.2 Å². The number of amides is 1. The van der Waals surface area contributed by atoms with Gasteiger partial charge in [-0.3, -0.25) is 5.32 Å². The molecule has 3 N–H and O–H groups in total. The zero-order valence-electron chi connectivity index (χ0n) is 13.1. The first kappa shape index (κ1) is 15.6. The van der Waals surface area contributed by atoms with Crippen LogP contribution < -0.4 is 10.6 Å². The van der Waals surface area contributed by atoms with E-state index in [4.69, 9.17) is 4.74 Å². The van der Waals surface area contributed by atoms with Gasteiger partial charge < -0.3 is 15.2 Å². The number of rotatable bonds is 4. The Kier molecular flexibility index (Phi) is 4.14. The molecule has 0 unspecified atom stereocenters. The number of carbonyl (C=O) groups excluding carboxylic acids is 1. The van der Waals surface area contributed by atoms with Crippen molar-refractivity contribution in [2.45, 2.75) is 51.2 Å². The van der Waals surface area contributed by atoms with E-state index in [9.17, 15) is 9.90 Å². The first-order valence-corrected chi connectivity index (χ1v) is 7.24. The van der Waals surface area contributed by atoms with Crippen molar-refractivity contribution in [3.63, 3.8) is 0 Å². The van der Waals surface area contributed by atoms with E-state index in [-0.39, 0.29) is 11.3 Å². The van der Waals surface area contributed by atoms with Gasteiger partial charge in [0.05, 0.1) is 5.69 Å². The van der Waals surface area contributed by atoms with Crippen LogP contribution in [0.5, 0.6) is 5.75 Å². The number of anilines is 1. The highest BCUT2D eigenvalue weighted by Crippen LogP contribution is 2.39. The highest BCUT2D eigenvalue weighted by molar-refractivity contribution is 5.86. The number of carbonyl (C=O) groups is 1. The lowest BCUT2D eigenvalue weighted by atomic mass is 10.0. The molecule has 1 aromatic rings. The molecule has 21 heavy (non-hydrogen) atoms. The van der Waals surface area contributed by atoms with Gasteiger partial charge in [0.15, 0.2) is 0 Å². The van der Waals surface area contributed by atoms with Crippen LogP contribution in [0.3, 0.4) is 0 Å². The van der Waals surface area contributed by atoms with E-state index in [1.54, 1.807) is 32.9 Å². The molecule has 1 aromatic carbocycles. The van der Waals surface area contributed by atoms with Crippen LogP contribution in [-0.4, -0.2) is 29.4 Å². The number of nitrogens with one attached hydrogen (secondary N) is 2. The normalized spacial score (nSPS) is 16.4. The average Bonchev–Trinajstić information content (AvgIpc) is 3.11. The summed E-state index contributed by atoms with van der Waals surface area (Å²) in [6, 6.07) is 5.33. The molecule has 1 saturated carbocycles. The number of phenols is 1. The molecule has 1 aliphatic carbocycles. The van der Waals surface area contributed by atoms with Crippen molar-refractivity contribution in [3.05, 3.63) is 23.8 Å². The minimum atomic E-state index is -0.570. The Labute approximate surface area is 125 Å². The van der Waals surface area contributed by atoms with Gasteiger partial charge in [-0.1, -0.05) is 6.07 Å². The number of hydrogen-bond donors (Lipinski definition) is 3. The van der Waals surface area contributed by atoms with Crippen molar-refractivity contribution >= 4 is 11.8 Å². The Morgan fingerprint density at radius 3 is 2.52 bits per heavy atom. The van der Waals surface area contributed by atoms with Gasteiger partial charge in [0, 0.05) is 5.54 Å². The zero-order valence-corrected chi connectivity index (χ0v) is 13.1. The minimum absolute atomic E-state index is 0.0604. The molecule has 116 valence electrons. The molecule has 1 fully saturated rings. The molecule has 0 atom stereocenters. The van der Waals surface area contributed by atoms with Crippen molar-refractivity contribution < 1.29 is 14.6 Å². The molecule has 2 rings (SSSR count). The Hall–Kier alpha value is -1.75. The molecule has 0 saturated heterocycles. The van der Waals surface area contributed by atoms with E-state index in [0.717, 1.165) is 24.8 Å². The van der Waals surface area contributed by atoms with E-state index < -0.39 is 11.7 Å². The van der Waals surface area contributed by atoms with Crippen LogP contribution in [0.2, 0.25) is 0 Å². The summed E-state index contributed by atoms with van der Waals surface area (Å²) in [5.41, 5.74) is 1.04. The Morgan fingerprint density at radius 2 is 2.05 bits per heavy atom. The Morgan fingerprint density at radius 1 is 1.38 bits per heavy atom. The molecule has 0 spiro atoms. The van der Waals surface area contributed by atoms with E-state index in [2.05, 4.69) is 10.6 Å². The first-order chi connectivity index (χ1) is 9.73. The summed E-state index contributed by atoms with van der Waals surface area (Å²) in [6.45, 7) is 5.38. The monoisotopic (exact) mass is 292 g/mol. The van der Waals surface area contributed by atoms with Gasteiger partial charge in [-0.05, 0) is 64.8 Å². The van der Waals surface area contributed by atoms with E-state index in [0.29, 0.717) is 5.69 Å². The number of aromatic hydroxyl groups is 1. The molecule has 0 aromatic heterocycles. The maximum atomic E-state index is 11.7. The summed E-state index contributed by atoms with van der Waals surface area (Å²) in [5, 5.41) is 15.9. The molecular weight excluding hydrogens is 268 g/mol. The first-order valence-electron chi connectivity index (χ1n) is 7.24. The molecule has 0 heterocycles. The second-order valence-electron chi connectivity index (χ2n) is 6.69. The smallest absolute Gasteiger partial charge is 0.412 e. The molecule has 1 amide bonds. The number of benzene rings is 1. The fraction of sp³-hybridized carbons (Fsp3) is 0.562. The van der Waals surface area contributed by atoms with Gasteiger partial charge in [-0.25, -0.2) is 4.79 Å². The third-order valence-electron chi connectivity index (χ3n) is 3.62. The second-order valence-corrected chi connectivity index (χ2v) is 6.69. The molecule has 0 aliphatic heterocycles. The fourth-order valence-corrected chi connectivity index (χ4v) is 2.26. The highest BCUT2D eigenvalue weighted by Gasteiger charge is 2.40. The SMILES string of the molecule is CNC1(Cc2ccc(NC(=O)OC(C)(C)C)c(O)c2)CC1. The molecule has 0 bridgehead atoms. The van der Waals surface area contributed by atoms with Gasteiger partial charge in [0.1, 0.15) is 11.4 Å². The van der Waals surface area contributed by atoms with Crippen LogP contribution in [0.4, 0.5) is 10.5 Å². The number of likely N-dealkylation sites (N-methyl/N-ethyl adjacent to an activating group) is 1. The van der Waals surface area contributed by atoms with Crippen LogP contribution in [-0.2, 0) is 11.2 Å². The number of hydrogen-bond acceptors (Lipinski definition) is 4. The molecule has 1 aliphatic rings. The van der Waals surface area contributed by atoms with Gasteiger partial charge in [-0.15, -0.1) is 0 Å². The van der Waals surface area contributed by atoms with E-state index in [1.165, 1.54) is 0 Å². The quantitative estimate of drug-likeness (QED) is 0.746. The summed E-state index contributed by atoms with van der Waals surface area (Å²) in [5.74, 6) is 0.0604. The molecule has 5 heteroatoms. The lowest BCUT2D eigenvalue weighted by Crippen LogP contribution is -2.29. The fourth-order valence-electron chi connectivity index (χ4n) is 2.26. The van der Waals surface area contributed by atoms with Crippen LogP contribution in [0.25, 0.3) is 0 Å². The predicted octanol–water partition coefficient (Wildman–Crippen LogP) is 3.03. The van der Waals surface area contributed by atoms with Crippen molar-refractivity contribution in [3.8, 4) is 5.75 Å². The van der Waals surface area contributed by atoms with Crippen molar-refractivity contribution in [2.75, 3.05) is 12.4 Å². The summed E-state index contributed by atoms with van der Waals surface area (Å²) >= 11 is 0. The number of phenolic OH excluding ortho intramolecular Hbond substituents is 1. The standard InChI is InChI=1S/C16H24N2O3/c1-15(2,3)21-14(20)18-12-6-5-11(9-13(12)19)10-16(17-4)7-8-16/h5-6,9,17,19H,7-8,10H2,1-4H3,(H,18,20). The van der Waals surface area contributed by atoms with Crippen LogP contribution in [0, 0.1) is 0 Å². The minimum Gasteiger partial charge on any atom is -0.506 e. The third kappa shape index (κ3) is 4.36. The van der Waals surface area contributed by atoms with Gasteiger partial charge in [-0.2, -0.15) is 0 Å².